The van der Waals surface area contributed by atoms with Crippen LogP contribution in [-0.4, -0.2) is 26.2 Å². The van der Waals surface area contributed by atoms with Gasteiger partial charge in [-0.2, -0.15) is 18.2 Å². The van der Waals surface area contributed by atoms with Crippen LogP contribution >= 0.6 is 0 Å². The van der Waals surface area contributed by atoms with E-state index in [4.69, 9.17) is 9.63 Å². The molecule has 0 aliphatic heterocycles. The molecule has 0 unspecified atom stereocenters. The van der Waals surface area contributed by atoms with Crippen LogP contribution in [0, 0.1) is 0 Å². The van der Waals surface area contributed by atoms with Crippen LogP contribution in [0.15, 0.2) is 71.4 Å². The number of pyridine rings is 1. The Kier molecular flexibility index (Phi) is 4.78. The third-order valence-corrected chi connectivity index (χ3v) is 4.32. The van der Waals surface area contributed by atoms with E-state index in [2.05, 4.69) is 15.1 Å². The van der Waals surface area contributed by atoms with Crippen LogP contribution in [0.5, 0.6) is 0 Å². The molecule has 0 fully saturated rings. The van der Waals surface area contributed by atoms with Gasteiger partial charge in [-0.25, -0.2) is 9.78 Å². The number of rotatable bonds is 4. The molecule has 6 nitrogen and oxygen atoms in total. The standard InChI is InChI=1S/C21H12F3N3O3/c22-21(23,24)16-10-13(6-8-15(16)12-4-2-1-3-5-12)18-26-19(30-27-18)14-7-9-17(20(28)29)25-11-14/h1-11H,(H,28,29). The van der Waals surface area contributed by atoms with Crippen molar-refractivity contribution in [1.29, 1.82) is 0 Å². The second-order valence-corrected chi connectivity index (χ2v) is 6.28. The Labute approximate surface area is 167 Å². The van der Waals surface area contributed by atoms with Crippen molar-refractivity contribution in [2.24, 2.45) is 0 Å². The first-order chi connectivity index (χ1) is 14.3. The summed E-state index contributed by atoms with van der Waals surface area (Å²) in [7, 11) is 0. The highest BCUT2D eigenvalue weighted by molar-refractivity contribution is 5.85. The van der Waals surface area contributed by atoms with Crippen molar-refractivity contribution < 1.29 is 27.6 Å². The normalized spacial score (nSPS) is 11.4. The van der Waals surface area contributed by atoms with Crippen LogP contribution in [0.4, 0.5) is 13.2 Å². The molecular weight excluding hydrogens is 399 g/mol. The van der Waals surface area contributed by atoms with Gasteiger partial charge in [-0.1, -0.05) is 47.6 Å². The molecule has 9 heteroatoms. The van der Waals surface area contributed by atoms with Crippen LogP contribution in [0.3, 0.4) is 0 Å². The summed E-state index contributed by atoms with van der Waals surface area (Å²) in [6.07, 6.45) is -3.34. The molecule has 0 aliphatic rings. The van der Waals surface area contributed by atoms with Gasteiger partial charge in [0, 0.05) is 11.8 Å². The Balaban J connectivity index is 1.72. The Morgan fingerprint density at radius 2 is 1.67 bits per heavy atom. The molecule has 0 atom stereocenters. The minimum atomic E-state index is -4.58. The van der Waals surface area contributed by atoms with E-state index < -0.39 is 17.7 Å². The largest absolute Gasteiger partial charge is 0.477 e. The molecule has 1 N–H and O–H groups in total. The maximum Gasteiger partial charge on any atom is 0.417 e. The summed E-state index contributed by atoms with van der Waals surface area (Å²) in [6.45, 7) is 0. The first kappa shape index (κ1) is 19.3. The molecule has 2 heterocycles. The van der Waals surface area contributed by atoms with Crippen LogP contribution in [-0.2, 0) is 6.18 Å². The summed E-state index contributed by atoms with van der Waals surface area (Å²) in [5.74, 6) is -1.21. The second-order valence-electron chi connectivity index (χ2n) is 6.28. The van der Waals surface area contributed by atoms with E-state index in [9.17, 15) is 18.0 Å². The number of carboxylic acids is 1. The quantitative estimate of drug-likeness (QED) is 0.498. The average molecular weight is 411 g/mol. The Morgan fingerprint density at radius 3 is 2.30 bits per heavy atom. The van der Waals surface area contributed by atoms with Crippen LogP contribution in [0.1, 0.15) is 16.1 Å². The molecular formula is C21H12F3N3O3. The number of nitrogens with zero attached hydrogens (tertiary/aromatic N) is 3. The van der Waals surface area contributed by atoms with Gasteiger partial charge < -0.3 is 9.63 Å². The molecule has 0 radical (unpaired) electrons. The molecule has 0 bridgehead atoms. The van der Waals surface area contributed by atoms with E-state index in [-0.39, 0.29) is 28.5 Å². The van der Waals surface area contributed by atoms with Gasteiger partial charge in [0.25, 0.3) is 5.89 Å². The van der Waals surface area contributed by atoms with Crippen LogP contribution in [0.25, 0.3) is 34.0 Å². The molecule has 0 saturated heterocycles. The summed E-state index contributed by atoms with van der Waals surface area (Å²) in [4.78, 5) is 18.7. The van der Waals surface area contributed by atoms with Gasteiger partial charge in [0.15, 0.2) is 0 Å². The summed E-state index contributed by atoms with van der Waals surface area (Å²) in [5.41, 5.74) is -0.0172. The summed E-state index contributed by atoms with van der Waals surface area (Å²) >= 11 is 0. The number of halogens is 3. The zero-order valence-electron chi connectivity index (χ0n) is 15.1. The second kappa shape index (κ2) is 7.43. The van der Waals surface area contributed by atoms with Crippen LogP contribution in [0.2, 0.25) is 0 Å². The Morgan fingerprint density at radius 1 is 0.933 bits per heavy atom. The zero-order valence-corrected chi connectivity index (χ0v) is 15.1. The molecule has 0 spiro atoms. The van der Waals surface area contributed by atoms with Gasteiger partial charge in [-0.05, 0) is 29.3 Å². The number of alkyl halides is 3. The van der Waals surface area contributed by atoms with Crippen molar-refractivity contribution in [3.05, 3.63) is 78.1 Å². The first-order valence-electron chi connectivity index (χ1n) is 8.63. The fraction of sp³-hybridized carbons (Fsp3) is 0.0476. The lowest BCUT2D eigenvalue weighted by molar-refractivity contribution is -0.137. The highest BCUT2D eigenvalue weighted by Gasteiger charge is 2.34. The topological polar surface area (TPSA) is 89.1 Å². The molecule has 0 aliphatic carbocycles. The van der Waals surface area contributed by atoms with Gasteiger partial charge in [0.1, 0.15) is 5.69 Å². The average Bonchev–Trinajstić information content (AvgIpc) is 3.24. The van der Waals surface area contributed by atoms with Crippen molar-refractivity contribution in [3.8, 4) is 34.0 Å². The molecule has 4 rings (SSSR count). The fourth-order valence-electron chi connectivity index (χ4n) is 2.89. The highest BCUT2D eigenvalue weighted by atomic mass is 19.4. The van der Waals surface area contributed by atoms with Crippen molar-refractivity contribution in [3.63, 3.8) is 0 Å². The number of aromatic carboxylic acids is 1. The number of hydrogen-bond acceptors (Lipinski definition) is 5. The lowest BCUT2D eigenvalue weighted by Crippen LogP contribution is -2.07. The third kappa shape index (κ3) is 3.77. The number of aromatic nitrogens is 3. The van der Waals surface area contributed by atoms with Crippen molar-refractivity contribution >= 4 is 5.97 Å². The number of carbonyl (C=O) groups is 1. The predicted octanol–water partition coefficient (Wildman–Crippen LogP) is 5.18. The molecule has 0 saturated carbocycles. The first-order valence-corrected chi connectivity index (χ1v) is 8.63. The van der Waals surface area contributed by atoms with Gasteiger partial charge in [0.2, 0.25) is 5.82 Å². The summed E-state index contributed by atoms with van der Waals surface area (Å²) in [6, 6.07) is 14.8. The van der Waals surface area contributed by atoms with Gasteiger partial charge in [-0.15, -0.1) is 0 Å². The predicted molar refractivity (Wildman–Crippen MR) is 100 cm³/mol. The lowest BCUT2D eigenvalue weighted by Gasteiger charge is -2.14. The number of benzene rings is 2. The van der Waals surface area contributed by atoms with E-state index in [1.165, 1.54) is 30.5 Å². The minimum Gasteiger partial charge on any atom is -0.477 e. The number of hydrogen-bond donors (Lipinski definition) is 1. The van der Waals surface area contributed by atoms with E-state index >= 15 is 0 Å². The van der Waals surface area contributed by atoms with Crippen molar-refractivity contribution in [1.82, 2.24) is 15.1 Å². The van der Waals surface area contributed by atoms with Crippen molar-refractivity contribution in [2.75, 3.05) is 0 Å². The minimum absolute atomic E-state index is 0.00938. The summed E-state index contributed by atoms with van der Waals surface area (Å²) in [5, 5.41) is 12.6. The Bertz CT molecular complexity index is 1200. The zero-order chi connectivity index (χ0) is 21.3. The molecule has 0 amide bonds. The molecule has 150 valence electrons. The number of carboxylic acid groups (broad SMARTS) is 1. The fourth-order valence-corrected chi connectivity index (χ4v) is 2.89. The van der Waals surface area contributed by atoms with E-state index in [1.54, 1.807) is 30.3 Å². The van der Waals surface area contributed by atoms with Gasteiger partial charge >= 0.3 is 12.1 Å². The van der Waals surface area contributed by atoms with Gasteiger partial charge in [0.05, 0.1) is 11.1 Å². The molecule has 30 heavy (non-hydrogen) atoms. The molecule has 4 aromatic rings. The smallest absolute Gasteiger partial charge is 0.417 e. The molecule has 2 aromatic carbocycles. The van der Waals surface area contributed by atoms with E-state index in [0.717, 1.165) is 6.07 Å². The maximum absolute atomic E-state index is 13.7. The van der Waals surface area contributed by atoms with Crippen LogP contribution < -0.4 is 0 Å². The summed E-state index contributed by atoms with van der Waals surface area (Å²) < 4.78 is 46.2. The SMILES string of the molecule is O=C(O)c1ccc(-c2nc(-c3ccc(-c4ccccc4)c(C(F)(F)F)c3)no2)cn1. The highest BCUT2D eigenvalue weighted by Crippen LogP contribution is 2.39. The maximum atomic E-state index is 13.7. The third-order valence-electron chi connectivity index (χ3n) is 4.32. The lowest BCUT2D eigenvalue weighted by atomic mass is 9.97. The van der Waals surface area contributed by atoms with E-state index in [1.807, 2.05) is 0 Å². The molecule has 2 aromatic heterocycles. The Hall–Kier alpha value is -4.01. The monoisotopic (exact) mass is 411 g/mol. The van der Waals surface area contributed by atoms with Gasteiger partial charge in [-0.3, -0.25) is 0 Å². The van der Waals surface area contributed by atoms with E-state index in [0.29, 0.717) is 11.1 Å². The van der Waals surface area contributed by atoms with Crippen molar-refractivity contribution in [2.45, 2.75) is 6.18 Å².